The molecule has 3 rings (SSSR count). The lowest BCUT2D eigenvalue weighted by Crippen LogP contribution is -2.47. The number of rotatable bonds is 4. The van der Waals surface area contributed by atoms with Gasteiger partial charge in [-0.3, -0.25) is 4.98 Å². The first-order valence-electron chi connectivity index (χ1n) is 8.74. The molecule has 6 nitrogen and oxygen atoms in total. The molecule has 3 N–H and O–H groups in total. The molecule has 0 bridgehead atoms. The van der Waals surface area contributed by atoms with Gasteiger partial charge in [0.25, 0.3) is 0 Å². The number of nitrogens with zero attached hydrogens (tertiary/aromatic N) is 4. The predicted octanol–water partition coefficient (Wildman–Crippen LogP) is 4.48. The van der Waals surface area contributed by atoms with E-state index in [-0.39, 0.29) is 11.6 Å². The highest BCUT2D eigenvalue weighted by Gasteiger charge is 2.49. The van der Waals surface area contributed by atoms with E-state index < -0.39 is 17.6 Å². The van der Waals surface area contributed by atoms with Gasteiger partial charge in [-0.15, -0.1) is 0 Å². The second-order valence-corrected chi connectivity index (χ2v) is 7.33. The summed E-state index contributed by atoms with van der Waals surface area (Å²) in [5.41, 5.74) is 6.61. The molecule has 0 aliphatic rings. The Kier molecular flexibility index (Phi) is 5.05. The largest absolute Gasteiger partial charge is 0.410 e. The normalized spacial score (nSPS) is 13.1. The molecule has 0 aliphatic heterocycles. The third-order valence-corrected chi connectivity index (χ3v) is 4.69. The number of aromatic nitrogens is 3. The maximum atomic E-state index is 13.5. The monoisotopic (exact) mass is 400 g/mol. The van der Waals surface area contributed by atoms with Crippen molar-refractivity contribution < 1.29 is 13.2 Å². The average molecular weight is 400 g/mol. The maximum Gasteiger partial charge on any atom is 0.410 e. The second kappa shape index (κ2) is 7.20. The van der Waals surface area contributed by atoms with Crippen LogP contribution in [0, 0.1) is 23.7 Å². The van der Waals surface area contributed by atoms with E-state index >= 15 is 0 Å². The number of pyridine rings is 3. The molecule has 0 aromatic carbocycles. The molecule has 150 valence electrons. The van der Waals surface area contributed by atoms with Crippen molar-refractivity contribution in [1.29, 1.82) is 5.26 Å². The maximum absolute atomic E-state index is 13.5. The van der Waals surface area contributed by atoms with Crippen molar-refractivity contribution in [3.8, 4) is 17.3 Å². The smallest absolute Gasteiger partial charge is 0.383 e. The number of alkyl halides is 3. The molecule has 3 aromatic heterocycles. The van der Waals surface area contributed by atoms with E-state index in [1.165, 1.54) is 26.1 Å². The minimum absolute atomic E-state index is 0.0115. The van der Waals surface area contributed by atoms with Crippen LogP contribution in [-0.4, -0.2) is 27.2 Å². The third-order valence-electron chi connectivity index (χ3n) is 4.69. The molecule has 9 heteroatoms. The van der Waals surface area contributed by atoms with Crippen molar-refractivity contribution in [3.63, 3.8) is 0 Å². The van der Waals surface area contributed by atoms with E-state index in [0.717, 1.165) is 11.1 Å². The lowest BCUT2D eigenvalue weighted by molar-refractivity contribution is -0.157. The van der Waals surface area contributed by atoms with Crippen molar-refractivity contribution in [2.75, 3.05) is 11.1 Å². The Bertz CT molecular complexity index is 1100. The molecule has 0 amide bonds. The van der Waals surface area contributed by atoms with Gasteiger partial charge in [0, 0.05) is 29.5 Å². The molecule has 29 heavy (non-hydrogen) atoms. The number of anilines is 2. The Hall–Kier alpha value is -3.41. The molecular formula is C20H19F3N6. The standard InChI is InChI=1S/C20H19F3N6/c1-11-4-5-26-8-13(11)15-6-12-7-16(27-9-14(12)17(25)28-15)29-18(20(21,22)23)19(2,3)10-24/h4-9,18H,1-3H3,(H2,25,28)(H,27,29). The van der Waals surface area contributed by atoms with Crippen LogP contribution in [0.2, 0.25) is 0 Å². The Morgan fingerprint density at radius 3 is 2.55 bits per heavy atom. The molecular weight excluding hydrogens is 381 g/mol. The first kappa shape index (κ1) is 20.3. The van der Waals surface area contributed by atoms with Gasteiger partial charge >= 0.3 is 6.18 Å². The summed E-state index contributed by atoms with van der Waals surface area (Å²) in [6.07, 6.45) is 0.0413. The predicted molar refractivity (Wildman–Crippen MR) is 105 cm³/mol. The van der Waals surface area contributed by atoms with Crippen molar-refractivity contribution in [2.24, 2.45) is 5.41 Å². The second-order valence-electron chi connectivity index (χ2n) is 7.33. The quantitative estimate of drug-likeness (QED) is 0.670. The van der Waals surface area contributed by atoms with Gasteiger partial charge in [-0.2, -0.15) is 18.4 Å². The van der Waals surface area contributed by atoms with E-state index in [0.29, 0.717) is 16.5 Å². The highest BCUT2D eigenvalue weighted by molar-refractivity contribution is 5.94. The van der Waals surface area contributed by atoms with Crippen molar-refractivity contribution in [2.45, 2.75) is 33.0 Å². The molecule has 0 spiro atoms. The van der Waals surface area contributed by atoms with E-state index in [9.17, 15) is 13.2 Å². The van der Waals surface area contributed by atoms with E-state index in [1.54, 1.807) is 24.5 Å². The number of nitriles is 1. The molecule has 0 saturated carbocycles. The molecule has 0 saturated heterocycles. The fraction of sp³-hybridized carbons (Fsp3) is 0.300. The summed E-state index contributed by atoms with van der Waals surface area (Å²) in [7, 11) is 0. The molecule has 0 aliphatic carbocycles. The first-order valence-corrected chi connectivity index (χ1v) is 8.74. The molecule has 1 atom stereocenters. The van der Waals surface area contributed by atoms with Crippen LogP contribution >= 0.6 is 0 Å². The Morgan fingerprint density at radius 2 is 1.93 bits per heavy atom. The van der Waals surface area contributed by atoms with Gasteiger partial charge < -0.3 is 11.1 Å². The fourth-order valence-corrected chi connectivity index (χ4v) is 3.01. The van der Waals surface area contributed by atoms with Crippen LogP contribution in [0.3, 0.4) is 0 Å². The van der Waals surface area contributed by atoms with Crippen LogP contribution in [0.5, 0.6) is 0 Å². The highest BCUT2D eigenvalue weighted by atomic mass is 19.4. The van der Waals surface area contributed by atoms with Crippen molar-refractivity contribution >= 4 is 22.4 Å². The lowest BCUT2D eigenvalue weighted by atomic mass is 9.85. The van der Waals surface area contributed by atoms with Gasteiger partial charge in [-0.25, -0.2) is 9.97 Å². The van der Waals surface area contributed by atoms with Crippen molar-refractivity contribution in [3.05, 3.63) is 42.4 Å². The number of hydrogen-bond donors (Lipinski definition) is 2. The van der Waals surface area contributed by atoms with Gasteiger partial charge in [0.1, 0.15) is 17.7 Å². The average Bonchev–Trinajstić information content (AvgIpc) is 2.65. The zero-order valence-corrected chi connectivity index (χ0v) is 16.0. The number of nitrogens with one attached hydrogen (secondary N) is 1. The summed E-state index contributed by atoms with van der Waals surface area (Å²) < 4.78 is 40.6. The fourth-order valence-electron chi connectivity index (χ4n) is 3.01. The number of hydrogen-bond acceptors (Lipinski definition) is 6. The van der Waals surface area contributed by atoms with E-state index in [1.807, 2.05) is 13.0 Å². The van der Waals surface area contributed by atoms with Crippen LogP contribution in [0.1, 0.15) is 19.4 Å². The summed E-state index contributed by atoms with van der Waals surface area (Å²) in [6, 6.07) is 4.63. The van der Waals surface area contributed by atoms with Crippen LogP contribution in [0.15, 0.2) is 36.8 Å². The van der Waals surface area contributed by atoms with Crippen LogP contribution in [0.4, 0.5) is 24.8 Å². The SMILES string of the molecule is Cc1ccncc1-c1cc2cc(NC(C(F)(F)F)C(C)(C)C#N)ncc2c(N)n1. The summed E-state index contributed by atoms with van der Waals surface area (Å²) >= 11 is 0. The van der Waals surface area contributed by atoms with Gasteiger partial charge in [-0.05, 0) is 49.9 Å². The minimum Gasteiger partial charge on any atom is -0.383 e. The van der Waals surface area contributed by atoms with Crippen LogP contribution in [-0.2, 0) is 0 Å². The Labute approximate surface area is 165 Å². The number of nitrogens with two attached hydrogens (primary N) is 1. The molecule has 3 aromatic rings. The van der Waals surface area contributed by atoms with Gasteiger partial charge in [-0.1, -0.05) is 0 Å². The lowest BCUT2D eigenvalue weighted by Gasteiger charge is -2.31. The van der Waals surface area contributed by atoms with Crippen LogP contribution in [0.25, 0.3) is 22.0 Å². The van der Waals surface area contributed by atoms with Gasteiger partial charge in [0.2, 0.25) is 0 Å². The zero-order valence-electron chi connectivity index (χ0n) is 16.0. The number of nitrogen functional groups attached to an aromatic ring is 1. The molecule has 0 radical (unpaired) electrons. The molecule has 3 heterocycles. The van der Waals surface area contributed by atoms with Gasteiger partial charge in [0.15, 0.2) is 0 Å². The third kappa shape index (κ3) is 4.06. The Balaban J connectivity index is 2.07. The first-order chi connectivity index (χ1) is 13.5. The van der Waals surface area contributed by atoms with E-state index in [2.05, 4.69) is 20.3 Å². The minimum atomic E-state index is -4.63. The molecule has 1 unspecified atom stereocenters. The Morgan fingerprint density at radius 1 is 1.21 bits per heavy atom. The number of halogens is 3. The zero-order chi connectivity index (χ0) is 21.4. The van der Waals surface area contributed by atoms with Crippen LogP contribution < -0.4 is 11.1 Å². The summed E-state index contributed by atoms with van der Waals surface area (Å²) in [5.74, 6) is 0.201. The highest BCUT2D eigenvalue weighted by Crippen LogP contribution is 2.36. The number of aryl methyl sites for hydroxylation is 1. The van der Waals surface area contributed by atoms with Crippen molar-refractivity contribution in [1.82, 2.24) is 15.0 Å². The number of fused-ring (bicyclic) bond motifs is 1. The topological polar surface area (TPSA) is 101 Å². The van der Waals surface area contributed by atoms with E-state index in [4.69, 9.17) is 11.0 Å². The van der Waals surface area contributed by atoms with Gasteiger partial charge in [0.05, 0.1) is 17.2 Å². The summed E-state index contributed by atoms with van der Waals surface area (Å²) in [6.45, 7) is 4.35. The summed E-state index contributed by atoms with van der Waals surface area (Å²) in [4.78, 5) is 12.5. The summed E-state index contributed by atoms with van der Waals surface area (Å²) in [5, 5.41) is 12.6. The molecule has 0 fully saturated rings.